The number of hydrogen-bond acceptors (Lipinski definition) is 2. The van der Waals surface area contributed by atoms with Crippen LogP contribution in [0.15, 0.2) is 267 Å². The van der Waals surface area contributed by atoms with E-state index < -0.39 is 0 Å². The maximum atomic E-state index is 7.59. The number of nitrogens with zero attached hydrogens (tertiary/aromatic N) is 2. The summed E-state index contributed by atoms with van der Waals surface area (Å²) in [5.41, 5.74) is 25.8. The third-order valence-electron chi connectivity index (χ3n) is 19.3. The van der Waals surface area contributed by atoms with Crippen LogP contribution in [0.25, 0.3) is 105 Å². The Morgan fingerprint density at radius 2 is 0.789 bits per heavy atom. The molecule has 434 valence electrons. The molecular weight excluding hydrogens is 1090 g/mol. The van der Waals surface area contributed by atoms with Crippen molar-refractivity contribution in [2.75, 3.05) is 4.90 Å². The van der Waals surface area contributed by atoms with E-state index in [0.29, 0.717) is 0 Å². The summed E-state index contributed by atoms with van der Waals surface area (Å²) >= 11 is 0. The Balaban J connectivity index is 0.971. The Morgan fingerprint density at radius 1 is 0.311 bits per heavy atom. The van der Waals surface area contributed by atoms with Gasteiger partial charge in [-0.05, 0) is 170 Å². The molecule has 0 spiro atoms. The molecule has 14 aromatic rings. The van der Waals surface area contributed by atoms with E-state index in [9.17, 15) is 0 Å². The number of ether oxygens (including phenoxy) is 1. The van der Waals surface area contributed by atoms with Crippen molar-refractivity contribution in [3.8, 4) is 72.8 Å². The molecule has 2 aliphatic heterocycles. The first-order valence-electron chi connectivity index (χ1n) is 31.9. The first-order chi connectivity index (χ1) is 43.5. The first-order valence-corrected chi connectivity index (χ1v) is 31.9. The van der Waals surface area contributed by atoms with Gasteiger partial charge in [0, 0.05) is 45.0 Å². The topological polar surface area (TPSA) is 17.4 Å². The molecule has 0 radical (unpaired) electrons. The number of hydrogen-bond donors (Lipinski definition) is 0. The minimum Gasteiger partial charge on any atom is -0.458 e. The van der Waals surface area contributed by atoms with Gasteiger partial charge in [-0.2, -0.15) is 0 Å². The third kappa shape index (κ3) is 9.01. The van der Waals surface area contributed by atoms with Crippen LogP contribution in [0, 0.1) is 0 Å². The fourth-order valence-electron chi connectivity index (χ4n) is 14.6. The molecule has 0 bridgehead atoms. The summed E-state index contributed by atoms with van der Waals surface area (Å²) in [6, 6.07) is 100. The summed E-state index contributed by atoms with van der Waals surface area (Å²) in [7, 11) is 0. The quantitative estimate of drug-likeness (QED) is 0.117. The molecule has 90 heavy (non-hydrogen) atoms. The van der Waals surface area contributed by atoms with Crippen LogP contribution in [-0.4, -0.2) is 11.3 Å². The number of para-hydroxylation sites is 1. The second kappa shape index (κ2) is 20.7. The predicted octanol–water partition coefficient (Wildman–Crippen LogP) is 21.7. The SMILES string of the molecule is CC(C)(C)c1cc2c3c(c1)N(c1c(-c4ccccc4)cccc1-c1ccccc1)c1cc(-c4ccc5c(-c6ccccc6)c6ccccc6c(-c6ccccc6)c5c4)ccc1B3c1ccc(-n3c4ccc(C(C)(C)C)cc4c4cc(C(C)(C)C)ccc43)cc1O2. The number of anilines is 3. The summed E-state index contributed by atoms with van der Waals surface area (Å²) in [5, 5.41) is 7.46. The van der Waals surface area contributed by atoms with Crippen molar-refractivity contribution < 1.29 is 4.74 Å². The van der Waals surface area contributed by atoms with Gasteiger partial charge in [0.25, 0.3) is 6.71 Å². The van der Waals surface area contributed by atoms with Crippen molar-refractivity contribution in [2.45, 2.75) is 78.6 Å². The number of benzene rings is 13. The summed E-state index contributed by atoms with van der Waals surface area (Å²) in [4.78, 5) is 2.62. The van der Waals surface area contributed by atoms with E-state index in [4.69, 9.17) is 4.74 Å². The monoisotopic (exact) mass is 1160 g/mol. The number of fused-ring (bicyclic) bond motifs is 9. The lowest BCUT2D eigenvalue weighted by Crippen LogP contribution is -2.59. The molecular formula is C86H71BN2O. The van der Waals surface area contributed by atoms with E-state index >= 15 is 0 Å². The highest BCUT2D eigenvalue weighted by Crippen LogP contribution is 2.52. The maximum absolute atomic E-state index is 7.59. The fraction of sp³-hybridized carbons (Fsp3) is 0.140. The van der Waals surface area contributed by atoms with Crippen molar-refractivity contribution in [2.24, 2.45) is 0 Å². The zero-order chi connectivity index (χ0) is 61.4. The molecule has 0 aliphatic carbocycles. The molecule has 0 atom stereocenters. The zero-order valence-electron chi connectivity index (χ0n) is 52.8. The van der Waals surface area contributed by atoms with Crippen LogP contribution >= 0.6 is 0 Å². The molecule has 0 saturated heterocycles. The second-order valence-corrected chi connectivity index (χ2v) is 28.0. The third-order valence-corrected chi connectivity index (χ3v) is 19.3. The Labute approximate surface area is 529 Å². The predicted molar refractivity (Wildman–Crippen MR) is 385 cm³/mol. The first kappa shape index (κ1) is 55.2. The van der Waals surface area contributed by atoms with E-state index in [1.165, 1.54) is 93.2 Å². The van der Waals surface area contributed by atoms with Crippen LogP contribution in [0.1, 0.15) is 79.0 Å². The van der Waals surface area contributed by atoms with E-state index in [1.54, 1.807) is 0 Å². The van der Waals surface area contributed by atoms with Crippen LogP contribution in [0.2, 0.25) is 0 Å². The van der Waals surface area contributed by atoms with Crippen molar-refractivity contribution >= 4 is 83.5 Å². The second-order valence-electron chi connectivity index (χ2n) is 28.0. The molecule has 1 aromatic heterocycles. The lowest BCUT2D eigenvalue weighted by atomic mass is 9.34. The molecule has 3 nitrogen and oxygen atoms in total. The summed E-state index contributed by atoms with van der Waals surface area (Å²) in [6.07, 6.45) is 0. The van der Waals surface area contributed by atoms with Crippen LogP contribution < -0.4 is 26.0 Å². The molecule has 2 aliphatic rings. The maximum Gasteiger partial charge on any atom is 0.256 e. The van der Waals surface area contributed by atoms with Gasteiger partial charge in [-0.1, -0.05) is 269 Å². The summed E-state index contributed by atoms with van der Waals surface area (Å²) in [5.74, 6) is 1.76. The van der Waals surface area contributed by atoms with Crippen LogP contribution in [0.3, 0.4) is 0 Å². The van der Waals surface area contributed by atoms with Crippen LogP contribution in [0.5, 0.6) is 11.5 Å². The van der Waals surface area contributed by atoms with Crippen molar-refractivity contribution in [3.63, 3.8) is 0 Å². The highest BCUT2D eigenvalue weighted by molar-refractivity contribution is 6.99. The molecule has 0 unspecified atom stereocenters. The molecule has 4 heteroatoms. The highest BCUT2D eigenvalue weighted by Gasteiger charge is 2.44. The fourth-order valence-corrected chi connectivity index (χ4v) is 14.6. The standard InChI is InChI=1S/C86H71BN2O/c1-84(2,3)60-39-45-74-69(49-60)70-50-61(85(4,5)6)40-46-75(70)88(74)63-41-44-73-78(53-63)90-79-52-62(86(7,8)9)51-77-82(79)87(73)72-43-38-59(48-76(72)89(77)83-64(54-25-14-10-15-26-54)35-24-36-65(83)55-27-16-11-17-28-55)58-37-42-68-71(47-58)81(57-31-20-13-21-32-57)67-34-23-22-33-66(67)80(68)56-29-18-12-19-30-56/h10-53H,1-9H3. The molecule has 0 N–H and O–H groups in total. The minimum atomic E-state index is -0.230. The summed E-state index contributed by atoms with van der Waals surface area (Å²) in [6.45, 7) is 20.7. The van der Waals surface area contributed by atoms with Crippen molar-refractivity contribution in [1.29, 1.82) is 0 Å². The zero-order valence-corrected chi connectivity index (χ0v) is 52.8. The number of rotatable bonds is 7. The largest absolute Gasteiger partial charge is 0.458 e. The van der Waals surface area contributed by atoms with Gasteiger partial charge in [0.05, 0.1) is 16.7 Å². The van der Waals surface area contributed by atoms with Gasteiger partial charge in [-0.3, -0.25) is 0 Å². The summed E-state index contributed by atoms with van der Waals surface area (Å²) < 4.78 is 10.1. The van der Waals surface area contributed by atoms with Crippen LogP contribution in [-0.2, 0) is 16.2 Å². The van der Waals surface area contributed by atoms with Gasteiger partial charge in [0.1, 0.15) is 11.5 Å². The Morgan fingerprint density at radius 3 is 1.33 bits per heavy atom. The Kier molecular flexibility index (Phi) is 12.7. The van der Waals surface area contributed by atoms with Gasteiger partial charge < -0.3 is 14.2 Å². The van der Waals surface area contributed by atoms with Gasteiger partial charge >= 0.3 is 0 Å². The van der Waals surface area contributed by atoms with E-state index in [0.717, 1.165) is 73.1 Å². The van der Waals surface area contributed by atoms with E-state index in [-0.39, 0.29) is 23.0 Å². The lowest BCUT2D eigenvalue weighted by Gasteiger charge is -2.42. The average molecular weight is 1160 g/mol. The molecule has 0 amide bonds. The molecule has 0 saturated carbocycles. The smallest absolute Gasteiger partial charge is 0.256 e. The van der Waals surface area contributed by atoms with Crippen LogP contribution in [0.4, 0.5) is 17.1 Å². The van der Waals surface area contributed by atoms with E-state index in [1.807, 2.05) is 0 Å². The minimum absolute atomic E-state index is 0.00919. The van der Waals surface area contributed by atoms with Gasteiger partial charge in [-0.25, -0.2) is 0 Å². The Bertz CT molecular complexity index is 5070. The normalized spacial score (nSPS) is 13.0. The molecule has 3 heterocycles. The van der Waals surface area contributed by atoms with E-state index in [2.05, 4.69) is 339 Å². The van der Waals surface area contributed by atoms with Crippen molar-refractivity contribution in [3.05, 3.63) is 284 Å². The lowest BCUT2D eigenvalue weighted by molar-refractivity contribution is 0.483. The molecule has 13 aromatic carbocycles. The Hall–Kier alpha value is -10.2. The highest BCUT2D eigenvalue weighted by atomic mass is 16.5. The molecule has 0 fully saturated rings. The molecule has 16 rings (SSSR count). The number of aromatic nitrogens is 1. The average Bonchev–Trinajstić information content (AvgIpc) is 0.771. The van der Waals surface area contributed by atoms with Gasteiger partial charge in [-0.15, -0.1) is 0 Å². The van der Waals surface area contributed by atoms with Gasteiger partial charge in [0.15, 0.2) is 0 Å². The van der Waals surface area contributed by atoms with Gasteiger partial charge in [0.2, 0.25) is 0 Å². The van der Waals surface area contributed by atoms with Crippen molar-refractivity contribution in [1.82, 2.24) is 4.57 Å².